The third-order valence-electron chi connectivity index (χ3n) is 4.47. The van der Waals surface area contributed by atoms with Crippen LogP contribution in [0, 0.1) is 17.8 Å². The number of allylic oxidation sites excluding steroid dienone is 2. The Balaban J connectivity index is 1.71. The molecular formula is C21H28O5. The number of rotatable bonds is 8. The number of aliphatic carboxylic acids is 1. The van der Waals surface area contributed by atoms with Crippen LogP contribution in [0.1, 0.15) is 45.4 Å². The Kier molecular flexibility index (Phi) is 8.63. The zero-order chi connectivity index (χ0) is 18.8. The molecule has 4 atom stereocenters. The van der Waals surface area contributed by atoms with Gasteiger partial charge in [0, 0.05) is 18.8 Å². The van der Waals surface area contributed by atoms with Crippen molar-refractivity contribution >= 4 is 5.97 Å². The van der Waals surface area contributed by atoms with Crippen molar-refractivity contribution in [1.29, 1.82) is 0 Å². The van der Waals surface area contributed by atoms with Crippen LogP contribution in [0.4, 0.5) is 0 Å². The monoisotopic (exact) mass is 360 g/mol. The van der Waals surface area contributed by atoms with Crippen molar-refractivity contribution in [3.63, 3.8) is 0 Å². The number of hydrogen-bond acceptors (Lipinski definition) is 4. The van der Waals surface area contributed by atoms with Gasteiger partial charge in [0.05, 0.1) is 12.2 Å². The van der Waals surface area contributed by atoms with Gasteiger partial charge in [0.2, 0.25) is 0 Å². The molecule has 0 aromatic carbocycles. The first-order chi connectivity index (χ1) is 12.6. The summed E-state index contributed by atoms with van der Waals surface area (Å²) in [6, 6.07) is 0. The normalized spacial score (nSPS) is 25.9. The van der Waals surface area contributed by atoms with Crippen molar-refractivity contribution < 1.29 is 24.5 Å². The van der Waals surface area contributed by atoms with E-state index in [1.165, 1.54) is 0 Å². The quantitative estimate of drug-likeness (QED) is 0.395. The van der Waals surface area contributed by atoms with Crippen LogP contribution in [0.5, 0.6) is 0 Å². The zero-order valence-electron chi connectivity index (χ0n) is 15.3. The first kappa shape index (κ1) is 20.4. The van der Waals surface area contributed by atoms with Gasteiger partial charge in [0.15, 0.2) is 6.29 Å². The van der Waals surface area contributed by atoms with Gasteiger partial charge in [-0.3, -0.25) is 4.79 Å². The molecule has 0 unspecified atom stereocenters. The zero-order valence-corrected chi connectivity index (χ0v) is 15.3. The lowest BCUT2D eigenvalue weighted by molar-refractivity contribution is -0.147. The summed E-state index contributed by atoms with van der Waals surface area (Å²) in [6.45, 7) is 2.45. The minimum atomic E-state index is -0.851. The predicted octanol–water partition coefficient (Wildman–Crippen LogP) is 3.21. The third kappa shape index (κ3) is 7.17. The fourth-order valence-corrected chi connectivity index (χ4v) is 2.98. The van der Waals surface area contributed by atoms with Gasteiger partial charge in [-0.1, -0.05) is 48.8 Å². The molecular weight excluding hydrogens is 332 g/mol. The highest BCUT2D eigenvalue weighted by molar-refractivity contribution is 5.67. The topological polar surface area (TPSA) is 76.0 Å². The molecule has 0 saturated carbocycles. The van der Waals surface area contributed by atoms with Crippen LogP contribution in [-0.4, -0.2) is 41.3 Å². The van der Waals surface area contributed by atoms with Gasteiger partial charge in [0.25, 0.3) is 0 Å². The Morgan fingerprint density at radius 2 is 2.12 bits per heavy atom. The predicted molar refractivity (Wildman–Crippen MR) is 99.3 cm³/mol. The van der Waals surface area contributed by atoms with E-state index in [1.807, 2.05) is 37.3 Å². The van der Waals surface area contributed by atoms with Gasteiger partial charge in [-0.2, -0.15) is 0 Å². The molecule has 0 fully saturated rings. The van der Waals surface area contributed by atoms with E-state index in [0.717, 1.165) is 24.8 Å². The molecule has 0 aliphatic heterocycles. The van der Waals surface area contributed by atoms with E-state index in [2.05, 4.69) is 11.8 Å². The highest BCUT2D eigenvalue weighted by Gasteiger charge is 2.25. The van der Waals surface area contributed by atoms with Gasteiger partial charge < -0.3 is 19.7 Å². The van der Waals surface area contributed by atoms with Crippen LogP contribution < -0.4 is 0 Å². The summed E-state index contributed by atoms with van der Waals surface area (Å²) in [5, 5.41) is 19.1. The van der Waals surface area contributed by atoms with E-state index in [0.29, 0.717) is 19.4 Å². The van der Waals surface area contributed by atoms with Crippen LogP contribution in [0.25, 0.3) is 0 Å². The van der Waals surface area contributed by atoms with Crippen LogP contribution >= 0.6 is 0 Å². The molecule has 2 aliphatic carbocycles. The number of hydrogen-bond donors (Lipinski definition) is 2. The Morgan fingerprint density at radius 1 is 1.27 bits per heavy atom. The first-order valence-electron chi connectivity index (χ1n) is 9.26. The van der Waals surface area contributed by atoms with E-state index < -0.39 is 12.3 Å². The van der Waals surface area contributed by atoms with Crippen molar-refractivity contribution in [2.75, 3.05) is 6.61 Å². The molecule has 0 aromatic rings. The van der Waals surface area contributed by atoms with E-state index in [4.69, 9.17) is 14.6 Å². The van der Waals surface area contributed by atoms with E-state index >= 15 is 0 Å². The number of ether oxygens (including phenoxy) is 2. The number of aliphatic hydroxyl groups excluding tert-OH is 1. The smallest absolute Gasteiger partial charge is 0.303 e. The van der Waals surface area contributed by atoms with Crippen LogP contribution in [0.15, 0.2) is 36.0 Å². The second kappa shape index (κ2) is 11.0. The molecule has 0 aromatic heterocycles. The average Bonchev–Trinajstić information content (AvgIpc) is 2.65. The SMILES string of the molecule is CCC#CCO[C@H]1C=C[C@@H]([C@@H](O)O[C@@H]2C=CC(CCC(=O)O)=CC2)CC1. The van der Waals surface area contributed by atoms with E-state index in [1.54, 1.807) is 0 Å². The second-order valence-corrected chi connectivity index (χ2v) is 6.52. The molecule has 0 spiro atoms. The maximum absolute atomic E-state index is 10.6. The standard InChI is InChI=1S/C21H28O5/c1-2-3-4-15-25-18-12-8-17(9-13-18)21(24)26-19-10-5-16(6-11-19)7-14-20(22)23/h5-6,8,10,12,17-19,21,24H,2,7,9,11,13-15H2,1H3,(H,22,23)/t17-,18+,19-,21+/m1/s1. The van der Waals surface area contributed by atoms with Crippen molar-refractivity contribution in [1.82, 2.24) is 0 Å². The van der Waals surface area contributed by atoms with Gasteiger partial charge in [-0.05, 0) is 25.7 Å². The van der Waals surface area contributed by atoms with Crippen molar-refractivity contribution in [3.8, 4) is 11.8 Å². The molecule has 2 N–H and O–H groups in total. The number of aliphatic hydroxyl groups is 1. The van der Waals surface area contributed by atoms with Crippen molar-refractivity contribution in [2.45, 2.75) is 63.9 Å². The second-order valence-electron chi connectivity index (χ2n) is 6.52. The molecule has 142 valence electrons. The molecule has 2 aliphatic rings. The molecule has 26 heavy (non-hydrogen) atoms. The third-order valence-corrected chi connectivity index (χ3v) is 4.47. The fraction of sp³-hybridized carbons (Fsp3) is 0.571. The Morgan fingerprint density at radius 3 is 2.73 bits per heavy atom. The fourth-order valence-electron chi connectivity index (χ4n) is 2.98. The summed E-state index contributed by atoms with van der Waals surface area (Å²) >= 11 is 0. The van der Waals surface area contributed by atoms with Gasteiger partial charge >= 0.3 is 5.97 Å². The number of carboxylic acid groups (broad SMARTS) is 1. The first-order valence-corrected chi connectivity index (χ1v) is 9.26. The van der Waals surface area contributed by atoms with Gasteiger partial charge in [-0.25, -0.2) is 0 Å². The molecule has 2 rings (SSSR count). The molecule has 5 heteroatoms. The van der Waals surface area contributed by atoms with Crippen LogP contribution in [0.3, 0.4) is 0 Å². The Hall–Kier alpha value is -1.87. The largest absolute Gasteiger partial charge is 0.481 e. The maximum atomic E-state index is 10.6. The average molecular weight is 360 g/mol. The van der Waals surface area contributed by atoms with Crippen LogP contribution in [0.2, 0.25) is 0 Å². The van der Waals surface area contributed by atoms with Gasteiger partial charge in [-0.15, -0.1) is 5.92 Å². The van der Waals surface area contributed by atoms with Crippen LogP contribution in [-0.2, 0) is 14.3 Å². The summed E-state index contributed by atoms with van der Waals surface area (Å²) in [5.41, 5.74) is 1.01. The summed E-state index contributed by atoms with van der Waals surface area (Å²) in [4.78, 5) is 10.6. The highest BCUT2D eigenvalue weighted by Crippen LogP contribution is 2.26. The molecule has 0 bridgehead atoms. The maximum Gasteiger partial charge on any atom is 0.303 e. The highest BCUT2D eigenvalue weighted by atomic mass is 16.6. The summed E-state index contributed by atoms with van der Waals surface area (Å²) < 4.78 is 11.4. The minimum Gasteiger partial charge on any atom is -0.481 e. The molecule has 0 saturated heterocycles. The number of carboxylic acids is 1. The lowest BCUT2D eigenvalue weighted by atomic mass is 9.93. The lowest BCUT2D eigenvalue weighted by Gasteiger charge is -2.28. The number of carbonyl (C=O) groups is 1. The Bertz CT molecular complexity index is 608. The van der Waals surface area contributed by atoms with Gasteiger partial charge in [0.1, 0.15) is 6.61 Å². The van der Waals surface area contributed by atoms with Crippen molar-refractivity contribution in [3.05, 3.63) is 36.0 Å². The summed E-state index contributed by atoms with van der Waals surface area (Å²) in [6.07, 6.45) is 12.5. The Labute approximate surface area is 155 Å². The minimum absolute atomic E-state index is 0.0395. The summed E-state index contributed by atoms with van der Waals surface area (Å²) in [7, 11) is 0. The molecule has 0 radical (unpaired) electrons. The molecule has 0 heterocycles. The van der Waals surface area contributed by atoms with E-state index in [9.17, 15) is 9.90 Å². The summed E-state index contributed by atoms with van der Waals surface area (Å²) in [5.74, 6) is 5.11. The van der Waals surface area contributed by atoms with Crippen molar-refractivity contribution in [2.24, 2.45) is 5.92 Å². The molecule has 0 amide bonds. The molecule has 5 nitrogen and oxygen atoms in total. The lowest BCUT2D eigenvalue weighted by Crippen LogP contribution is -2.30. The van der Waals surface area contributed by atoms with E-state index in [-0.39, 0.29) is 24.5 Å².